The fraction of sp³-hybridized carbons (Fsp3) is 0.667. The molecule has 0 aromatic carbocycles. The van der Waals surface area contributed by atoms with Gasteiger partial charge in [0.05, 0.1) is 5.69 Å². The van der Waals surface area contributed by atoms with E-state index in [1.807, 2.05) is 6.20 Å². The molecular formula is C12H18N4. The van der Waals surface area contributed by atoms with Crippen LogP contribution in [0.3, 0.4) is 0 Å². The van der Waals surface area contributed by atoms with Crippen molar-refractivity contribution < 1.29 is 0 Å². The van der Waals surface area contributed by atoms with Gasteiger partial charge in [-0.2, -0.15) is 0 Å². The molecule has 0 saturated carbocycles. The molecule has 86 valence electrons. The lowest BCUT2D eigenvalue weighted by molar-refractivity contribution is 0.251. The standard InChI is InChI=1S/C12H18N4/c1-16-4-2-9(3-5-16)12-14-7-10-6-13-8-11(10)15-12/h7,9,13H,2-6,8H2,1H3. The Morgan fingerprint density at radius 2 is 2.12 bits per heavy atom. The third-order valence-electron chi connectivity index (χ3n) is 3.66. The van der Waals surface area contributed by atoms with Crippen molar-refractivity contribution >= 4 is 0 Å². The molecule has 3 rings (SSSR count). The zero-order chi connectivity index (χ0) is 11.0. The van der Waals surface area contributed by atoms with Crippen LogP contribution in [0.1, 0.15) is 35.8 Å². The van der Waals surface area contributed by atoms with E-state index in [1.54, 1.807) is 0 Å². The van der Waals surface area contributed by atoms with Crippen LogP contribution < -0.4 is 5.32 Å². The quantitative estimate of drug-likeness (QED) is 0.760. The van der Waals surface area contributed by atoms with Gasteiger partial charge in [-0.05, 0) is 33.0 Å². The minimum atomic E-state index is 0.571. The van der Waals surface area contributed by atoms with E-state index in [0.29, 0.717) is 5.92 Å². The molecule has 1 saturated heterocycles. The van der Waals surface area contributed by atoms with Crippen LogP contribution in [0, 0.1) is 0 Å². The summed E-state index contributed by atoms with van der Waals surface area (Å²) in [6, 6.07) is 0. The van der Waals surface area contributed by atoms with Crippen LogP contribution in [0.4, 0.5) is 0 Å². The second kappa shape index (κ2) is 4.11. The number of nitrogens with zero attached hydrogens (tertiary/aromatic N) is 3. The lowest BCUT2D eigenvalue weighted by atomic mass is 9.96. The Balaban J connectivity index is 1.79. The summed E-state index contributed by atoms with van der Waals surface area (Å²) in [4.78, 5) is 11.6. The molecule has 2 aliphatic rings. The van der Waals surface area contributed by atoms with Gasteiger partial charge in [-0.1, -0.05) is 0 Å². The molecule has 1 fully saturated rings. The number of likely N-dealkylation sites (tertiary alicyclic amines) is 1. The average Bonchev–Trinajstić information content (AvgIpc) is 2.77. The maximum Gasteiger partial charge on any atom is 0.131 e. The van der Waals surface area contributed by atoms with E-state index in [2.05, 4.69) is 22.2 Å². The summed E-state index contributed by atoms with van der Waals surface area (Å²) in [6.07, 6.45) is 4.40. The Bertz CT molecular complexity index is 383. The van der Waals surface area contributed by atoms with Crippen molar-refractivity contribution in [1.82, 2.24) is 20.2 Å². The van der Waals surface area contributed by atoms with E-state index in [4.69, 9.17) is 4.98 Å². The molecule has 0 amide bonds. The summed E-state index contributed by atoms with van der Waals surface area (Å²) in [7, 11) is 2.18. The summed E-state index contributed by atoms with van der Waals surface area (Å²) in [5, 5.41) is 3.31. The summed E-state index contributed by atoms with van der Waals surface area (Å²) >= 11 is 0. The summed E-state index contributed by atoms with van der Waals surface area (Å²) in [5.41, 5.74) is 2.49. The van der Waals surface area contributed by atoms with E-state index in [-0.39, 0.29) is 0 Å². The van der Waals surface area contributed by atoms with Gasteiger partial charge in [0.15, 0.2) is 0 Å². The highest BCUT2D eigenvalue weighted by atomic mass is 15.1. The summed E-state index contributed by atoms with van der Waals surface area (Å²) < 4.78 is 0. The van der Waals surface area contributed by atoms with Crippen LogP contribution in [0.2, 0.25) is 0 Å². The number of hydrogen-bond acceptors (Lipinski definition) is 4. The molecule has 0 unspecified atom stereocenters. The topological polar surface area (TPSA) is 41.1 Å². The van der Waals surface area contributed by atoms with Crippen molar-refractivity contribution in [3.63, 3.8) is 0 Å². The molecule has 1 aromatic rings. The van der Waals surface area contributed by atoms with Crippen molar-refractivity contribution in [2.75, 3.05) is 20.1 Å². The van der Waals surface area contributed by atoms with Crippen LogP contribution >= 0.6 is 0 Å². The first-order valence-corrected chi connectivity index (χ1v) is 6.07. The zero-order valence-electron chi connectivity index (χ0n) is 9.74. The number of nitrogens with one attached hydrogen (secondary N) is 1. The fourth-order valence-electron chi connectivity index (χ4n) is 2.54. The molecule has 1 aromatic heterocycles. The first-order valence-electron chi connectivity index (χ1n) is 6.07. The van der Waals surface area contributed by atoms with Gasteiger partial charge in [-0.15, -0.1) is 0 Å². The van der Waals surface area contributed by atoms with Crippen LogP contribution in [0.25, 0.3) is 0 Å². The number of fused-ring (bicyclic) bond motifs is 1. The van der Waals surface area contributed by atoms with Crippen LogP contribution in [-0.2, 0) is 13.1 Å². The molecule has 1 N–H and O–H groups in total. The Hall–Kier alpha value is -1.00. The van der Waals surface area contributed by atoms with Crippen molar-refractivity contribution in [1.29, 1.82) is 0 Å². The Labute approximate surface area is 96.1 Å². The minimum Gasteiger partial charge on any atom is -0.307 e. The molecule has 0 spiro atoms. The van der Waals surface area contributed by atoms with Crippen LogP contribution in [0.5, 0.6) is 0 Å². The SMILES string of the molecule is CN1CCC(c2ncc3c(n2)CNC3)CC1. The summed E-state index contributed by atoms with van der Waals surface area (Å²) in [6.45, 7) is 4.19. The fourth-order valence-corrected chi connectivity index (χ4v) is 2.54. The molecule has 4 heteroatoms. The Morgan fingerprint density at radius 1 is 1.31 bits per heavy atom. The summed E-state index contributed by atoms with van der Waals surface area (Å²) in [5.74, 6) is 1.64. The molecule has 4 nitrogen and oxygen atoms in total. The molecule has 0 radical (unpaired) electrons. The maximum atomic E-state index is 4.71. The van der Waals surface area contributed by atoms with E-state index >= 15 is 0 Å². The molecule has 3 heterocycles. The van der Waals surface area contributed by atoms with Gasteiger partial charge in [-0.25, -0.2) is 9.97 Å². The highest BCUT2D eigenvalue weighted by Crippen LogP contribution is 2.25. The van der Waals surface area contributed by atoms with Gasteiger partial charge >= 0.3 is 0 Å². The third kappa shape index (κ3) is 1.83. The monoisotopic (exact) mass is 218 g/mol. The van der Waals surface area contributed by atoms with Crippen LogP contribution in [-0.4, -0.2) is 35.0 Å². The third-order valence-corrected chi connectivity index (χ3v) is 3.66. The molecule has 0 aliphatic carbocycles. The first-order chi connectivity index (χ1) is 7.83. The van der Waals surface area contributed by atoms with Gasteiger partial charge in [0.2, 0.25) is 0 Å². The van der Waals surface area contributed by atoms with Crippen LogP contribution in [0.15, 0.2) is 6.20 Å². The molecular weight excluding hydrogens is 200 g/mol. The second-order valence-electron chi connectivity index (χ2n) is 4.88. The molecule has 16 heavy (non-hydrogen) atoms. The number of piperidine rings is 1. The van der Waals surface area contributed by atoms with Gasteiger partial charge in [0.25, 0.3) is 0 Å². The lowest BCUT2D eigenvalue weighted by Gasteiger charge is -2.28. The second-order valence-corrected chi connectivity index (χ2v) is 4.88. The highest BCUT2D eigenvalue weighted by Gasteiger charge is 2.22. The van der Waals surface area contributed by atoms with E-state index in [9.17, 15) is 0 Å². The average molecular weight is 218 g/mol. The number of aromatic nitrogens is 2. The minimum absolute atomic E-state index is 0.571. The van der Waals surface area contributed by atoms with E-state index in [1.165, 1.54) is 37.2 Å². The predicted molar refractivity (Wildman–Crippen MR) is 62.0 cm³/mol. The molecule has 0 bridgehead atoms. The van der Waals surface area contributed by atoms with Gasteiger partial charge in [-0.3, -0.25) is 0 Å². The number of hydrogen-bond donors (Lipinski definition) is 1. The largest absolute Gasteiger partial charge is 0.307 e. The van der Waals surface area contributed by atoms with Gasteiger partial charge < -0.3 is 10.2 Å². The maximum absolute atomic E-state index is 4.71. The highest BCUT2D eigenvalue weighted by molar-refractivity contribution is 5.22. The number of rotatable bonds is 1. The van der Waals surface area contributed by atoms with Gasteiger partial charge in [0, 0.05) is 30.8 Å². The Kier molecular flexibility index (Phi) is 2.61. The van der Waals surface area contributed by atoms with Crippen molar-refractivity contribution in [2.45, 2.75) is 31.8 Å². The Morgan fingerprint density at radius 3 is 2.94 bits per heavy atom. The van der Waals surface area contributed by atoms with Crippen molar-refractivity contribution in [3.8, 4) is 0 Å². The smallest absolute Gasteiger partial charge is 0.131 e. The first kappa shape index (κ1) is 10.2. The van der Waals surface area contributed by atoms with Crippen molar-refractivity contribution in [3.05, 3.63) is 23.3 Å². The van der Waals surface area contributed by atoms with Crippen molar-refractivity contribution in [2.24, 2.45) is 0 Å². The molecule has 0 atom stereocenters. The predicted octanol–water partition coefficient (Wildman–Crippen LogP) is 0.889. The zero-order valence-corrected chi connectivity index (χ0v) is 9.74. The lowest BCUT2D eigenvalue weighted by Crippen LogP contribution is -2.30. The van der Waals surface area contributed by atoms with Gasteiger partial charge in [0.1, 0.15) is 5.82 Å². The van der Waals surface area contributed by atoms with E-state index < -0.39 is 0 Å². The molecule has 2 aliphatic heterocycles. The van der Waals surface area contributed by atoms with E-state index in [0.717, 1.165) is 18.9 Å². The normalized spacial score (nSPS) is 22.3.